The zero-order valence-corrected chi connectivity index (χ0v) is 16.5. The van der Waals surface area contributed by atoms with E-state index in [0.29, 0.717) is 5.56 Å². The Hall–Kier alpha value is -1.87. The molecule has 132 valence electrons. The summed E-state index contributed by atoms with van der Waals surface area (Å²) < 4.78 is 0. The van der Waals surface area contributed by atoms with Crippen molar-refractivity contribution >= 4 is 29.5 Å². The Morgan fingerprint density at radius 3 is 2.20 bits per heavy atom. The highest BCUT2D eigenvalue weighted by Gasteiger charge is 2.40. The Morgan fingerprint density at radius 1 is 1.04 bits per heavy atom. The molecule has 25 heavy (non-hydrogen) atoms. The highest BCUT2D eigenvalue weighted by molar-refractivity contribution is 7.13. The number of thiophene rings is 1. The molecular formula is C22H26O2S. The standard InChI is InChI=1S/C22H26O2S/c1-14-17(11-8-15-6-9-16(10-7-15)20(23)24)25-19-18(14)21(2,3)12-13-22(19,4)5/h6-11H,12-13H2,1-5H3,(H,23,24). The van der Waals surface area contributed by atoms with Crippen molar-refractivity contribution in [3.05, 3.63) is 56.3 Å². The second-order valence-electron chi connectivity index (χ2n) is 8.32. The fourth-order valence-corrected chi connectivity index (χ4v) is 5.27. The summed E-state index contributed by atoms with van der Waals surface area (Å²) in [5, 5.41) is 9.00. The molecule has 0 unspecified atom stereocenters. The van der Waals surface area contributed by atoms with Crippen molar-refractivity contribution in [2.45, 2.75) is 58.3 Å². The molecule has 3 rings (SSSR count). The van der Waals surface area contributed by atoms with Crippen LogP contribution in [0.4, 0.5) is 0 Å². The van der Waals surface area contributed by atoms with E-state index in [0.717, 1.165) is 5.56 Å². The molecule has 2 aromatic rings. The van der Waals surface area contributed by atoms with Crippen LogP contribution in [0.5, 0.6) is 0 Å². The summed E-state index contributed by atoms with van der Waals surface area (Å²) in [5.74, 6) is -0.887. The first kappa shape index (κ1) is 17.9. The Morgan fingerprint density at radius 2 is 1.64 bits per heavy atom. The molecule has 0 bridgehead atoms. The first-order valence-electron chi connectivity index (χ1n) is 8.78. The van der Waals surface area contributed by atoms with Crippen molar-refractivity contribution in [1.82, 2.24) is 0 Å². The molecule has 3 heteroatoms. The third kappa shape index (κ3) is 3.30. The van der Waals surface area contributed by atoms with E-state index in [1.807, 2.05) is 23.5 Å². The van der Waals surface area contributed by atoms with Crippen molar-refractivity contribution in [1.29, 1.82) is 0 Å². The van der Waals surface area contributed by atoms with Crippen molar-refractivity contribution in [2.75, 3.05) is 0 Å². The summed E-state index contributed by atoms with van der Waals surface area (Å²) >= 11 is 1.92. The van der Waals surface area contributed by atoms with Crippen LogP contribution in [0.1, 0.15) is 77.3 Å². The molecule has 1 aliphatic rings. The van der Waals surface area contributed by atoms with Crippen molar-refractivity contribution in [3.63, 3.8) is 0 Å². The number of benzene rings is 1. The lowest BCUT2D eigenvalue weighted by atomic mass is 9.66. The van der Waals surface area contributed by atoms with Gasteiger partial charge in [0.25, 0.3) is 0 Å². The minimum absolute atomic E-state index is 0.237. The summed E-state index contributed by atoms with van der Waals surface area (Å²) in [7, 11) is 0. The van der Waals surface area contributed by atoms with E-state index in [2.05, 4.69) is 46.8 Å². The second kappa shape index (κ2) is 6.14. The third-order valence-electron chi connectivity index (χ3n) is 5.43. The van der Waals surface area contributed by atoms with Gasteiger partial charge in [-0.3, -0.25) is 0 Å². The number of fused-ring (bicyclic) bond motifs is 1. The molecule has 1 heterocycles. The number of aromatic carboxylic acids is 1. The zero-order valence-electron chi connectivity index (χ0n) is 15.6. The van der Waals surface area contributed by atoms with E-state index in [4.69, 9.17) is 5.11 Å². The van der Waals surface area contributed by atoms with Crippen LogP contribution < -0.4 is 0 Å². The Kier molecular flexibility index (Phi) is 4.40. The summed E-state index contributed by atoms with van der Waals surface area (Å²) in [6, 6.07) is 7.02. The van der Waals surface area contributed by atoms with Crippen molar-refractivity contribution in [2.24, 2.45) is 0 Å². The van der Waals surface area contributed by atoms with Crippen LogP contribution in [-0.2, 0) is 10.8 Å². The largest absolute Gasteiger partial charge is 0.478 e. The minimum atomic E-state index is -0.887. The number of carboxylic acids is 1. The summed E-state index contributed by atoms with van der Waals surface area (Å²) in [5.41, 5.74) is 4.76. The van der Waals surface area contributed by atoms with Crippen LogP contribution in [0.2, 0.25) is 0 Å². The maximum atomic E-state index is 11.0. The molecule has 0 amide bonds. The average Bonchev–Trinajstić information content (AvgIpc) is 2.89. The molecule has 1 aromatic carbocycles. The van der Waals surface area contributed by atoms with Crippen molar-refractivity contribution < 1.29 is 9.90 Å². The molecule has 2 nitrogen and oxygen atoms in total. The van der Waals surface area contributed by atoms with Gasteiger partial charge in [-0.1, -0.05) is 45.9 Å². The van der Waals surface area contributed by atoms with E-state index in [1.165, 1.54) is 33.7 Å². The fourth-order valence-electron chi connectivity index (χ4n) is 3.75. The molecule has 0 saturated carbocycles. The Balaban J connectivity index is 1.96. The molecular weight excluding hydrogens is 328 g/mol. The number of carboxylic acid groups (broad SMARTS) is 1. The van der Waals surface area contributed by atoms with E-state index in [1.54, 1.807) is 12.1 Å². The normalized spacial score (nSPS) is 18.3. The summed E-state index contributed by atoms with van der Waals surface area (Å²) in [6.07, 6.45) is 6.72. The van der Waals surface area contributed by atoms with Gasteiger partial charge in [-0.2, -0.15) is 0 Å². The van der Waals surface area contributed by atoms with E-state index >= 15 is 0 Å². The third-order valence-corrected chi connectivity index (χ3v) is 7.06. The van der Waals surface area contributed by atoms with Gasteiger partial charge in [0, 0.05) is 9.75 Å². The van der Waals surface area contributed by atoms with Crippen LogP contribution in [0.3, 0.4) is 0 Å². The fraction of sp³-hybridized carbons (Fsp3) is 0.409. The average molecular weight is 355 g/mol. The SMILES string of the molecule is Cc1c(C=Cc2ccc(C(=O)O)cc2)sc2c1C(C)(C)CCC2(C)C. The predicted molar refractivity (Wildman–Crippen MR) is 107 cm³/mol. The van der Waals surface area contributed by atoms with E-state index in [9.17, 15) is 4.79 Å². The molecule has 1 aromatic heterocycles. The number of rotatable bonds is 3. The molecule has 1 N–H and O–H groups in total. The minimum Gasteiger partial charge on any atom is -0.478 e. The number of hydrogen-bond donors (Lipinski definition) is 1. The molecule has 0 aliphatic heterocycles. The van der Waals surface area contributed by atoms with Gasteiger partial charge in [-0.15, -0.1) is 11.3 Å². The van der Waals surface area contributed by atoms with Gasteiger partial charge in [0.2, 0.25) is 0 Å². The predicted octanol–water partition coefficient (Wildman–Crippen LogP) is 6.27. The molecule has 0 radical (unpaired) electrons. The van der Waals surface area contributed by atoms with Crippen LogP contribution in [-0.4, -0.2) is 11.1 Å². The molecule has 0 saturated heterocycles. The topological polar surface area (TPSA) is 37.3 Å². The van der Waals surface area contributed by atoms with Crippen LogP contribution in [0.15, 0.2) is 24.3 Å². The Bertz CT molecular complexity index is 836. The lowest BCUT2D eigenvalue weighted by Crippen LogP contribution is -2.32. The smallest absolute Gasteiger partial charge is 0.335 e. The van der Waals surface area contributed by atoms with Crippen LogP contribution >= 0.6 is 11.3 Å². The van der Waals surface area contributed by atoms with Gasteiger partial charge in [0.1, 0.15) is 0 Å². The monoisotopic (exact) mass is 354 g/mol. The lowest BCUT2D eigenvalue weighted by molar-refractivity contribution is 0.0697. The van der Waals surface area contributed by atoms with E-state index < -0.39 is 5.97 Å². The number of carbonyl (C=O) groups is 1. The Labute approximate surface area is 154 Å². The maximum absolute atomic E-state index is 11.0. The first-order chi connectivity index (χ1) is 11.6. The maximum Gasteiger partial charge on any atom is 0.335 e. The van der Waals surface area contributed by atoms with E-state index in [-0.39, 0.29) is 10.8 Å². The van der Waals surface area contributed by atoms with Gasteiger partial charge >= 0.3 is 5.97 Å². The number of hydrogen-bond acceptors (Lipinski definition) is 2. The van der Waals surface area contributed by atoms with Crippen molar-refractivity contribution in [3.8, 4) is 0 Å². The van der Waals surface area contributed by atoms with Crippen LogP contribution in [0, 0.1) is 6.92 Å². The quantitative estimate of drug-likeness (QED) is 0.705. The zero-order chi connectivity index (χ0) is 18.4. The highest BCUT2D eigenvalue weighted by Crippen LogP contribution is 2.51. The summed E-state index contributed by atoms with van der Waals surface area (Å²) in [4.78, 5) is 13.8. The summed E-state index contributed by atoms with van der Waals surface area (Å²) in [6.45, 7) is 11.7. The van der Waals surface area contributed by atoms with Gasteiger partial charge in [-0.05, 0) is 65.5 Å². The second-order valence-corrected chi connectivity index (χ2v) is 9.38. The van der Waals surface area contributed by atoms with Gasteiger partial charge in [-0.25, -0.2) is 4.79 Å². The molecule has 0 spiro atoms. The van der Waals surface area contributed by atoms with Crippen LogP contribution in [0.25, 0.3) is 12.2 Å². The highest BCUT2D eigenvalue weighted by atomic mass is 32.1. The molecule has 0 fully saturated rings. The first-order valence-corrected chi connectivity index (χ1v) is 9.59. The molecule has 1 aliphatic carbocycles. The lowest BCUT2D eigenvalue weighted by Gasteiger charge is -2.39. The van der Waals surface area contributed by atoms with Gasteiger partial charge in [0.05, 0.1) is 5.56 Å². The van der Waals surface area contributed by atoms with Gasteiger partial charge in [0.15, 0.2) is 0 Å². The van der Waals surface area contributed by atoms with Gasteiger partial charge < -0.3 is 5.11 Å². The molecule has 0 atom stereocenters.